The average molecular weight is 489 g/mol. The van der Waals surface area contributed by atoms with E-state index in [1.807, 2.05) is 36.4 Å². The molecule has 0 radical (unpaired) electrons. The van der Waals surface area contributed by atoms with Gasteiger partial charge in [0.15, 0.2) is 0 Å². The van der Waals surface area contributed by atoms with Gasteiger partial charge >= 0.3 is 5.97 Å². The standard InChI is InChI=1S/C20H19N5O2.HI/c1-27-19(26)16-8-6-14(7-9-16)12-22-20(21)25-23-13-17-11-10-15-4-2-3-5-18(15)24-17;/h2-11,13H,12H2,1H3,(H3,21,22,25);1H. The van der Waals surface area contributed by atoms with Gasteiger partial charge < -0.3 is 10.5 Å². The van der Waals surface area contributed by atoms with Gasteiger partial charge in [-0.25, -0.2) is 20.2 Å². The van der Waals surface area contributed by atoms with Crippen LogP contribution in [-0.2, 0) is 11.3 Å². The van der Waals surface area contributed by atoms with Gasteiger partial charge in [-0.05, 0) is 29.8 Å². The van der Waals surface area contributed by atoms with Gasteiger partial charge in [0.2, 0.25) is 5.96 Å². The van der Waals surface area contributed by atoms with Crippen molar-refractivity contribution >= 4 is 53.0 Å². The van der Waals surface area contributed by atoms with Gasteiger partial charge in [0.25, 0.3) is 0 Å². The summed E-state index contributed by atoms with van der Waals surface area (Å²) in [5, 5.41) is 5.13. The van der Waals surface area contributed by atoms with Crippen LogP contribution in [0.4, 0.5) is 0 Å². The number of halogens is 1. The number of aliphatic imine (C=N–C) groups is 1. The highest BCUT2D eigenvalue weighted by Gasteiger charge is 2.03. The predicted octanol–water partition coefficient (Wildman–Crippen LogP) is 3.08. The lowest BCUT2D eigenvalue weighted by atomic mass is 10.1. The molecule has 0 bridgehead atoms. The molecule has 28 heavy (non-hydrogen) atoms. The highest BCUT2D eigenvalue weighted by molar-refractivity contribution is 14.0. The predicted molar refractivity (Wildman–Crippen MR) is 121 cm³/mol. The lowest BCUT2D eigenvalue weighted by Gasteiger charge is -2.02. The van der Waals surface area contributed by atoms with Crippen LogP contribution in [0.5, 0.6) is 0 Å². The molecular formula is C20H20IN5O2. The van der Waals surface area contributed by atoms with Crippen LogP contribution >= 0.6 is 24.0 Å². The molecule has 2 aromatic carbocycles. The van der Waals surface area contributed by atoms with Gasteiger partial charge in [0.1, 0.15) is 0 Å². The van der Waals surface area contributed by atoms with Crippen LogP contribution in [0.25, 0.3) is 10.9 Å². The Hall–Kier alpha value is -3.01. The Morgan fingerprint density at radius 3 is 2.64 bits per heavy atom. The van der Waals surface area contributed by atoms with Crippen LogP contribution in [-0.4, -0.2) is 30.2 Å². The molecule has 3 N–H and O–H groups in total. The van der Waals surface area contributed by atoms with E-state index in [1.54, 1.807) is 30.5 Å². The van der Waals surface area contributed by atoms with E-state index in [0.717, 1.165) is 16.5 Å². The Bertz CT molecular complexity index is 1000. The number of nitrogens with zero attached hydrogens (tertiary/aromatic N) is 3. The van der Waals surface area contributed by atoms with Crippen LogP contribution < -0.4 is 11.2 Å². The van der Waals surface area contributed by atoms with Gasteiger partial charge in [-0.2, -0.15) is 5.10 Å². The summed E-state index contributed by atoms with van der Waals surface area (Å²) in [4.78, 5) is 20.1. The van der Waals surface area contributed by atoms with Gasteiger partial charge in [0.05, 0.1) is 36.6 Å². The summed E-state index contributed by atoms with van der Waals surface area (Å²) in [6, 6.07) is 18.7. The first-order valence-corrected chi connectivity index (χ1v) is 8.28. The molecule has 144 valence electrons. The lowest BCUT2D eigenvalue weighted by Crippen LogP contribution is -2.27. The Labute approximate surface area is 179 Å². The van der Waals surface area contributed by atoms with Crippen molar-refractivity contribution in [1.82, 2.24) is 10.4 Å². The minimum Gasteiger partial charge on any atom is -0.465 e. The zero-order chi connectivity index (χ0) is 19.1. The van der Waals surface area contributed by atoms with Crippen molar-refractivity contribution in [2.45, 2.75) is 6.54 Å². The molecule has 0 atom stereocenters. The maximum atomic E-state index is 11.4. The summed E-state index contributed by atoms with van der Waals surface area (Å²) >= 11 is 0. The van der Waals surface area contributed by atoms with Crippen molar-refractivity contribution < 1.29 is 9.53 Å². The van der Waals surface area contributed by atoms with E-state index >= 15 is 0 Å². The Kier molecular flexibility index (Phi) is 7.88. The third-order valence-electron chi connectivity index (χ3n) is 3.80. The fraction of sp³-hybridized carbons (Fsp3) is 0.100. The van der Waals surface area contributed by atoms with Crippen LogP contribution in [0.15, 0.2) is 70.8 Å². The van der Waals surface area contributed by atoms with Gasteiger partial charge in [-0.15, -0.1) is 24.0 Å². The van der Waals surface area contributed by atoms with E-state index in [4.69, 9.17) is 5.73 Å². The second-order valence-corrected chi connectivity index (χ2v) is 5.69. The van der Waals surface area contributed by atoms with Gasteiger partial charge in [-0.3, -0.25) is 0 Å². The number of nitrogens with one attached hydrogen (secondary N) is 1. The van der Waals surface area contributed by atoms with E-state index in [0.29, 0.717) is 17.8 Å². The van der Waals surface area contributed by atoms with Crippen molar-refractivity contribution in [3.63, 3.8) is 0 Å². The molecule has 3 aromatic rings. The third-order valence-corrected chi connectivity index (χ3v) is 3.80. The Morgan fingerprint density at radius 2 is 1.89 bits per heavy atom. The van der Waals surface area contributed by atoms with E-state index in [2.05, 4.69) is 25.2 Å². The number of nitrogens with two attached hydrogens (primary N) is 1. The molecule has 0 aliphatic heterocycles. The minimum absolute atomic E-state index is 0. The number of para-hydroxylation sites is 1. The van der Waals surface area contributed by atoms with E-state index in [1.165, 1.54) is 7.11 Å². The second-order valence-electron chi connectivity index (χ2n) is 5.69. The number of ether oxygens (including phenoxy) is 1. The first-order valence-electron chi connectivity index (χ1n) is 8.28. The molecule has 8 heteroatoms. The highest BCUT2D eigenvalue weighted by atomic mass is 127. The molecule has 0 aliphatic carbocycles. The molecule has 0 unspecified atom stereocenters. The molecule has 0 spiro atoms. The number of methoxy groups -OCH3 is 1. The average Bonchev–Trinajstić information content (AvgIpc) is 2.72. The summed E-state index contributed by atoms with van der Waals surface area (Å²) in [5.74, 6) is -0.188. The van der Waals surface area contributed by atoms with Crippen molar-refractivity contribution in [3.05, 3.63) is 77.5 Å². The monoisotopic (exact) mass is 489 g/mol. The van der Waals surface area contributed by atoms with Crippen LogP contribution in [0.3, 0.4) is 0 Å². The van der Waals surface area contributed by atoms with E-state index < -0.39 is 0 Å². The van der Waals surface area contributed by atoms with Gasteiger partial charge in [-0.1, -0.05) is 36.4 Å². The number of carbonyl (C=O) groups excluding carboxylic acids is 1. The number of guanidine groups is 1. The molecule has 0 aliphatic rings. The summed E-state index contributed by atoms with van der Waals surface area (Å²) in [6.45, 7) is 0.365. The lowest BCUT2D eigenvalue weighted by molar-refractivity contribution is 0.0600. The number of benzene rings is 2. The number of aromatic nitrogens is 1. The first-order chi connectivity index (χ1) is 13.2. The molecular weight excluding hydrogens is 469 g/mol. The summed E-state index contributed by atoms with van der Waals surface area (Å²) in [5.41, 5.74) is 11.5. The molecule has 7 nitrogen and oxygen atoms in total. The SMILES string of the molecule is COC(=O)c1ccc(CN=C(N)NN=Cc2ccc3ccccc3n2)cc1.I. The van der Waals surface area contributed by atoms with Gasteiger partial charge in [0, 0.05) is 5.39 Å². The fourth-order valence-corrected chi connectivity index (χ4v) is 2.39. The molecule has 1 heterocycles. The molecule has 0 saturated carbocycles. The summed E-state index contributed by atoms with van der Waals surface area (Å²) < 4.78 is 4.66. The second kappa shape index (κ2) is 10.4. The van der Waals surface area contributed by atoms with Crippen molar-refractivity contribution in [3.8, 4) is 0 Å². The molecule has 3 rings (SSSR count). The Morgan fingerprint density at radius 1 is 1.14 bits per heavy atom. The Balaban J connectivity index is 0.00000280. The number of pyridine rings is 1. The van der Waals surface area contributed by atoms with E-state index in [9.17, 15) is 4.79 Å². The third kappa shape index (κ3) is 5.74. The highest BCUT2D eigenvalue weighted by Crippen LogP contribution is 2.10. The van der Waals surface area contributed by atoms with Crippen LogP contribution in [0.1, 0.15) is 21.6 Å². The maximum Gasteiger partial charge on any atom is 0.337 e. The minimum atomic E-state index is -0.372. The molecule has 0 fully saturated rings. The number of rotatable bonds is 5. The largest absolute Gasteiger partial charge is 0.465 e. The topological polar surface area (TPSA) is 102 Å². The fourth-order valence-electron chi connectivity index (χ4n) is 2.39. The first kappa shape index (κ1) is 21.3. The smallest absolute Gasteiger partial charge is 0.337 e. The quantitative estimate of drug-likeness (QED) is 0.189. The number of hydrazone groups is 1. The van der Waals surface area contributed by atoms with Crippen molar-refractivity contribution in [1.29, 1.82) is 0 Å². The van der Waals surface area contributed by atoms with Crippen LogP contribution in [0.2, 0.25) is 0 Å². The number of carbonyl (C=O) groups is 1. The number of hydrogen-bond acceptors (Lipinski definition) is 5. The number of esters is 1. The summed E-state index contributed by atoms with van der Waals surface area (Å²) in [7, 11) is 1.35. The van der Waals surface area contributed by atoms with Crippen molar-refractivity contribution in [2.24, 2.45) is 15.8 Å². The molecule has 1 aromatic heterocycles. The molecule has 0 amide bonds. The normalized spacial score (nSPS) is 11.2. The summed E-state index contributed by atoms with van der Waals surface area (Å²) in [6.07, 6.45) is 1.58. The van der Waals surface area contributed by atoms with Crippen molar-refractivity contribution in [2.75, 3.05) is 7.11 Å². The zero-order valence-corrected chi connectivity index (χ0v) is 17.5. The number of fused-ring (bicyclic) bond motifs is 1. The maximum absolute atomic E-state index is 11.4. The molecule has 0 saturated heterocycles. The zero-order valence-electron chi connectivity index (χ0n) is 15.2. The van der Waals surface area contributed by atoms with Crippen LogP contribution in [0, 0.1) is 0 Å². The number of hydrogen-bond donors (Lipinski definition) is 2. The van der Waals surface area contributed by atoms with E-state index in [-0.39, 0.29) is 35.9 Å².